The summed E-state index contributed by atoms with van der Waals surface area (Å²) in [6.07, 6.45) is 3.23. The zero-order valence-electron chi connectivity index (χ0n) is 19.2. The Morgan fingerprint density at radius 2 is 1.76 bits per heavy atom. The lowest BCUT2D eigenvalue weighted by Gasteiger charge is -2.18. The van der Waals surface area contributed by atoms with Gasteiger partial charge in [-0.2, -0.15) is 0 Å². The van der Waals surface area contributed by atoms with Gasteiger partial charge in [-0.25, -0.2) is 8.42 Å². The minimum Gasteiger partial charge on any atom is -0.493 e. The van der Waals surface area contributed by atoms with E-state index in [9.17, 15) is 13.2 Å². The molecule has 2 aromatic rings. The highest BCUT2D eigenvalue weighted by molar-refractivity contribution is 7.92. The first-order valence-corrected chi connectivity index (χ1v) is 12.5. The minimum absolute atomic E-state index is 0. The first-order valence-electron chi connectivity index (χ1n) is 10.6. The van der Waals surface area contributed by atoms with Gasteiger partial charge in [-0.05, 0) is 55.2 Å². The van der Waals surface area contributed by atoms with Crippen molar-refractivity contribution in [3.63, 3.8) is 0 Å². The van der Waals surface area contributed by atoms with Gasteiger partial charge in [0.05, 0.1) is 13.4 Å². The molecule has 8 nitrogen and oxygen atoms in total. The summed E-state index contributed by atoms with van der Waals surface area (Å²) >= 11 is 0. The van der Waals surface area contributed by atoms with E-state index in [2.05, 4.69) is 10.0 Å². The maximum Gasteiger partial charge on any atom is 0.260 e. The van der Waals surface area contributed by atoms with Crippen LogP contribution in [0, 0.1) is 0 Å². The maximum atomic E-state index is 12.2. The molecule has 1 fully saturated rings. The summed E-state index contributed by atoms with van der Waals surface area (Å²) in [5.41, 5.74) is 2.59. The highest BCUT2D eigenvalue weighted by Gasteiger charge is 2.19. The Morgan fingerprint density at radius 1 is 1.09 bits per heavy atom. The van der Waals surface area contributed by atoms with Crippen LogP contribution in [0.15, 0.2) is 42.5 Å². The molecule has 0 spiro atoms. The van der Waals surface area contributed by atoms with Crippen molar-refractivity contribution in [2.75, 3.05) is 37.8 Å². The van der Waals surface area contributed by atoms with Crippen LogP contribution in [0.2, 0.25) is 0 Å². The molecule has 2 aromatic carbocycles. The van der Waals surface area contributed by atoms with E-state index in [0.717, 1.165) is 43.3 Å². The van der Waals surface area contributed by atoms with Crippen LogP contribution < -0.4 is 19.5 Å². The number of halogens is 1. The summed E-state index contributed by atoms with van der Waals surface area (Å²) in [5.74, 6) is 1.13. The number of carbonyl (C=O) groups is 1. The standard InChI is InChI=1S/C23H31N3O5S.ClH/c1-17(19-7-9-20(10-8-19)25-32(3,28)29)24-15-18-6-11-21(22(14-18)30-2)31-16-23(27)26-12-4-5-13-26;/h6-11,14,17,24-25H,4-5,12-13,15-16H2,1-3H3;1H. The zero-order valence-corrected chi connectivity index (χ0v) is 20.8. The molecule has 2 N–H and O–H groups in total. The molecule has 0 saturated carbocycles. The molecule has 1 atom stereocenters. The van der Waals surface area contributed by atoms with E-state index in [0.29, 0.717) is 23.7 Å². The van der Waals surface area contributed by atoms with Crippen molar-refractivity contribution in [1.82, 2.24) is 10.2 Å². The van der Waals surface area contributed by atoms with Gasteiger partial charge < -0.3 is 19.7 Å². The molecule has 1 aliphatic rings. The lowest BCUT2D eigenvalue weighted by molar-refractivity contribution is -0.132. The number of likely N-dealkylation sites (tertiary alicyclic amines) is 1. The second kappa shape index (κ2) is 12.1. The third-order valence-corrected chi connectivity index (χ3v) is 5.97. The van der Waals surface area contributed by atoms with Gasteiger partial charge in [0.15, 0.2) is 18.1 Å². The number of methoxy groups -OCH3 is 1. The molecule has 182 valence electrons. The number of carbonyl (C=O) groups excluding carboxylic acids is 1. The van der Waals surface area contributed by atoms with E-state index in [1.807, 2.05) is 42.2 Å². The summed E-state index contributed by atoms with van der Waals surface area (Å²) in [5, 5.41) is 3.45. The van der Waals surface area contributed by atoms with Crippen LogP contribution in [0.5, 0.6) is 11.5 Å². The first kappa shape index (κ1) is 26.8. The fraction of sp³-hybridized carbons (Fsp3) is 0.435. The highest BCUT2D eigenvalue weighted by Crippen LogP contribution is 2.28. The monoisotopic (exact) mass is 497 g/mol. The SMILES string of the molecule is COc1cc(CNC(C)c2ccc(NS(C)(=O)=O)cc2)ccc1OCC(=O)N1CCCC1.Cl. The fourth-order valence-corrected chi connectivity index (χ4v) is 4.15. The second-order valence-electron chi connectivity index (χ2n) is 7.96. The van der Waals surface area contributed by atoms with Crippen LogP contribution in [0.1, 0.15) is 36.9 Å². The van der Waals surface area contributed by atoms with Crippen LogP contribution in [0.25, 0.3) is 0 Å². The van der Waals surface area contributed by atoms with Gasteiger partial charge in [0.1, 0.15) is 0 Å². The van der Waals surface area contributed by atoms with Crippen molar-refractivity contribution in [3.05, 3.63) is 53.6 Å². The topological polar surface area (TPSA) is 97.0 Å². The summed E-state index contributed by atoms with van der Waals surface area (Å²) in [6.45, 7) is 4.26. The summed E-state index contributed by atoms with van der Waals surface area (Å²) in [6, 6.07) is 13.0. The predicted molar refractivity (Wildman–Crippen MR) is 132 cm³/mol. The Hall–Kier alpha value is -2.49. The number of rotatable bonds is 10. The van der Waals surface area contributed by atoms with Crippen molar-refractivity contribution >= 4 is 34.0 Å². The molecule has 1 aliphatic heterocycles. The molecule has 33 heavy (non-hydrogen) atoms. The molecule has 0 radical (unpaired) electrons. The zero-order chi connectivity index (χ0) is 23.1. The molecular formula is C23H32ClN3O5S. The van der Waals surface area contributed by atoms with Gasteiger partial charge >= 0.3 is 0 Å². The van der Waals surface area contributed by atoms with Gasteiger partial charge in [0.2, 0.25) is 10.0 Å². The van der Waals surface area contributed by atoms with Gasteiger partial charge in [-0.3, -0.25) is 9.52 Å². The first-order chi connectivity index (χ1) is 15.2. The molecule has 1 unspecified atom stereocenters. The van der Waals surface area contributed by atoms with Crippen molar-refractivity contribution in [2.45, 2.75) is 32.4 Å². The van der Waals surface area contributed by atoms with E-state index < -0.39 is 10.0 Å². The van der Waals surface area contributed by atoms with Crippen molar-refractivity contribution in [3.8, 4) is 11.5 Å². The lowest BCUT2D eigenvalue weighted by Crippen LogP contribution is -2.32. The number of amides is 1. The van der Waals surface area contributed by atoms with Crippen LogP contribution in [-0.4, -0.2) is 52.3 Å². The third kappa shape index (κ3) is 8.10. The van der Waals surface area contributed by atoms with Crippen LogP contribution in [0.3, 0.4) is 0 Å². The highest BCUT2D eigenvalue weighted by atomic mass is 35.5. The normalized spacial score (nSPS) is 14.3. The third-order valence-electron chi connectivity index (χ3n) is 5.36. The van der Waals surface area contributed by atoms with Crippen molar-refractivity contribution in [2.24, 2.45) is 0 Å². The molecular weight excluding hydrogens is 466 g/mol. The van der Waals surface area contributed by atoms with Gasteiger partial charge in [0.25, 0.3) is 5.91 Å². The summed E-state index contributed by atoms with van der Waals surface area (Å²) < 4.78 is 36.3. The largest absolute Gasteiger partial charge is 0.493 e. The van der Waals surface area contributed by atoms with Gasteiger partial charge in [-0.15, -0.1) is 12.4 Å². The number of hydrogen-bond donors (Lipinski definition) is 2. The average Bonchev–Trinajstić information content (AvgIpc) is 3.30. The number of ether oxygens (including phenoxy) is 2. The minimum atomic E-state index is -3.29. The molecule has 1 amide bonds. The average molecular weight is 498 g/mol. The van der Waals surface area contributed by atoms with Crippen molar-refractivity contribution in [1.29, 1.82) is 0 Å². The molecule has 3 rings (SSSR count). The molecule has 0 aliphatic carbocycles. The summed E-state index contributed by atoms with van der Waals surface area (Å²) in [7, 11) is -1.71. The van der Waals surface area contributed by atoms with Crippen molar-refractivity contribution < 1.29 is 22.7 Å². The quantitative estimate of drug-likeness (QED) is 0.522. The number of nitrogens with zero attached hydrogens (tertiary/aromatic N) is 1. The fourth-order valence-electron chi connectivity index (χ4n) is 3.58. The number of benzene rings is 2. The lowest BCUT2D eigenvalue weighted by atomic mass is 10.1. The number of sulfonamides is 1. The Kier molecular flexibility index (Phi) is 9.82. The number of hydrogen-bond acceptors (Lipinski definition) is 6. The van der Waals surface area contributed by atoms with Crippen LogP contribution in [-0.2, 0) is 21.4 Å². The predicted octanol–water partition coefficient (Wildman–Crippen LogP) is 3.34. The molecule has 1 heterocycles. The Labute approximate surface area is 202 Å². The van der Waals surface area contributed by atoms with Crippen LogP contribution in [0.4, 0.5) is 5.69 Å². The molecule has 0 bridgehead atoms. The summed E-state index contributed by atoms with van der Waals surface area (Å²) in [4.78, 5) is 14.0. The number of anilines is 1. The molecule has 0 aromatic heterocycles. The second-order valence-corrected chi connectivity index (χ2v) is 9.71. The Morgan fingerprint density at radius 3 is 2.36 bits per heavy atom. The van der Waals surface area contributed by atoms with Crippen LogP contribution >= 0.6 is 12.4 Å². The Bertz CT molecular complexity index is 1020. The Balaban J connectivity index is 0.00000385. The van der Waals surface area contributed by atoms with E-state index >= 15 is 0 Å². The van der Waals surface area contributed by atoms with E-state index in [1.54, 1.807) is 19.2 Å². The molecule has 10 heteroatoms. The van der Waals surface area contributed by atoms with Gasteiger partial charge in [0, 0.05) is 31.4 Å². The maximum absolute atomic E-state index is 12.2. The van der Waals surface area contributed by atoms with E-state index in [1.165, 1.54) is 0 Å². The van der Waals surface area contributed by atoms with Gasteiger partial charge in [-0.1, -0.05) is 18.2 Å². The number of nitrogens with one attached hydrogen (secondary N) is 2. The molecule has 1 saturated heterocycles. The van der Waals surface area contributed by atoms with E-state index in [-0.39, 0.29) is 31.0 Å². The van der Waals surface area contributed by atoms with E-state index in [4.69, 9.17) is 9.47 Å². The smallest absolute Gasteiger partial charge is 0.260 e.